The van der Waals surface area contributed by atoms with Crippen molar-refractivity contribution in [2.24, 2.45) is 5.92 Å². The molecular weight excluding hydrogens is 439 g/mol. The number of carbonyl (C=O) groups excluding carboxylic acids is 3. The van der Waals surface area contributed by atoms with Crippen LogP contribution in [-0.2, 0) is 20.9 Å². The minimum absolute atomic E-state index is 0.148. The van der Waals surface area contributed by atoms with Crippen LogP contribution in [0.25, 0.3) is 0 Å². The molecule has 0 aromatic heterocycles. The molecule has 2 amide bonds. The Kier molecular flexibility index (Phi) is 6.92. The maximum absolute atomic E-state index is 13.1. The topological polar surface area (TPSA) is 75.7 Å². The van der Waals surface area contributed by atoms with E-state index in [1.807, 2.05) is 30.3 Å². The predicted octanol–water partition coefficient (Wildman–Crippen LogP) is 4.09. The molecule has 1 saturated heterocycles. The summed E-state index contributed by atoms with van der Waals surface area (Å²) in [5.74, 6) is -2.22. The van der Waals surface area contributed by atoms with E-state index in [4.69, 9.17) is 27.9 Å². The van der Waals surface area contributed by atoms with Crippen LogP contribution in [0.5, 0.6) is 0 Å². The standard InChI is InChI=1S/C23H24Cl2N2O4/c1-23(2,3)31-22(30)16-13-27(12-14-7-5-4-6-8-14)21(29)19(16)26-20(28)15-9-10-17(24)18(25)11-15/h4-11,16,19H,12-13H2,1-3H3,(H,26,28)/t16-,19-/m1/s1. The average Bonchev–Trinajstić information content (AvgIpc) is 2.99. The lowest BCUT2D eigenvalue weighted by Crippen LogP contribution is -2.47. The molecule has 2 atom stereocenters. The number of ether oxygens (including phenoxy) is 1. The maximum atomic E-state index is 13.1. The number of halogens is 2. The summed E-state index contributed by atoms with van der Waals surface area (Å²) in [6, 6.07) is 12.8. The number of carbonyl (C=O) groups is 3. The van der Waals surface area contributed by atoms with Gasteiger partial charge < -0.3 is 15.0 Å². The van der Waals surface area contributed by atoms with Crippen LogP contribution in [0.3, 0.4) is 0 Å². The van der Waals surface area contributed by atoms with Gasteiger partial charge in [-0.15, -0.1) is 0 Å². The SMILES string of the molecule is CC(C)(C)OC(=O)[C@@H]1CN(Cc2ccccc2)C(=O)[C@@H]1NC(=O)c1ccc(Cl)c(Cl)c1. The van der Waals surface area contributed by atoms with E-state index in [1.165, 1.54) is 18.2 Å². The van der Waals surface area contributed by atoms with Gasteiger partial charge >= 0.3 is 5.97 Å². The predicted molar refractivity (Wildman–Crippen MR) is 119 cm³/mol. The van der Waals surface area contributed by atoms with Crippen molar-refractivity contribution < 1.29 is 19.1 Å². The first kappa shape index (κ1) is 23.1. The molecule has 2 aromatic carbocycles. The van der Waals surface area contributed by atoms with Crippen molar-refractivity contribution in [1.82, 2.24) is 10.2 Å². The fourth-order valence-electron chi connectivity index (χ4n) is 3.36. The summed E-state index contributed by atoms with van der Waals surface area (Å²) in [6.45, 7) is 5.75. The van der Waals surface area contributed by atoms with E-state index in [0.717, 1.165) is 5.56 Å². The van der Waals surface area contributed by atoms with Gasteiger partial charge in [-0.3, -0.25) is 14.4 Å². The molecule has 8 heteroatoms. The van der Waals surface area contributed by atoms with E-state index in [2.05, 4.69) is 5.32 Å². The number of likely N-dealkylation sites (tertiary alicyclic amines) is 1. The van der Waals surface area contributed by atoms with Gasteiger partial charge in [-0.05, 0) is 44.5 Å². The Morgan fingerprint density at radius 1 is 1.10 bits per heavy atom. The highest BCUT2D eigenvalue weighted by Gasteiger charge is 2.46. The molecule has 0 aliphatic carbocycles. The Hall–Kier alpha value is -2.57. The molecule has 0 unspecified atom stereocenters. The summed E-state index contributed by atoms with van der Waals surface area (Å²) in [4.78, 5) is 40.3. The van der Waals surface area contributed by atoms with Gasteiger partial charge in [0, 0.05) is 18.7 Å². The number of hydrogen-bond acceptors (Lipinski definition) is 4. The highest BCUT2D eigenvalue weighted by atomic mass is 35.5. The van der Waals surface area contributed by atoms with Crippen LogP contribution in [0.1, 0.15) is 36.7 Å². The Morgan fingerprint density at radius 2 is 1.77 bits per heavy atom. The van der Waals surface area contributed by atoms with Crippen LogP contribution in [0.15, 0.2) is 48.5 Å². The number of amides is 2. The molecular formula is C23H24Cl2N2O4. The highest BCUT2D eigenvalue weighted by molar-refractivity contribution is 6.42. The Bertz CT molecular complexity index is 989. The van der Waals surface area contributed by atoms with Crippen molar-refractivity contribution in [1.29, 1.82) is 0 Å². The summed E-state index contributed by atoms with van der Waals surface area (Å²) in [5, 5.41) is 3.23. The lowest BCUT2D eigenvalue weighted by atomic mass is 10.0. The van der Waals surface area contributed by atoms with Gasteiger partial charge in [0.15, 0.2) is 0 Å². The smallest absolute Gasteiger partial charge is 0.313 e. The Balaban J connectivity index is 1.83. The molecule has 6 nitrogen and oxygen atoms in total. The first-order valence-electron chi connectivity index (χ1n) is 9.86. The first-order chi connectivity index (χ1) is 14.5. The summed E-state index contributed by atoms with van der Waals surface area (Å²) in [6.07, 6.45) is 0. The number of benzene rings is 2. The number of nitrogens with zero attached hydrogens (tertiary/aromatic N) is 1. The third-order valence-corrected chi connectivity index (χ3v) is 5.53. The maximum Gasteiger partial charge on any atom is 0.313 e. The summed E-state index contributed by atoms with van der Waals surface area (Å²) >= 11 is 11.9. The van der Waals surface area contributed by atoms with Crippen LogP contribution in [0.2, 0.25) is 10.0 Å². The van der Waals surface area contributed by atoms with Crippen molar-refractivity contribution in [2.45, 2.75) is 39.0 Å². The van der Waals surface area contributed by atoms with Gasteiger partial charge in [-0.2, -0.15) is 0 Å². The lowest BCUT2D eigenvalue weighted by Gasteiger charge is -2.24. The van der Waals surface area contributed by atoms with Crippen molar-refractivity contribution >= 4 is 41.0 Å². The first-order valence-corrected chi connectivity index (χ1v) is 10.6. The summed E-state index contributed by atoms with van der Waals surface area (Å²) in [5.41, 5.74) is 0.451. The van der Waals surface area contributed by atoms with E-state index in [-0.39, 0.29) is 23.0 Å². The molecule has 1 N–H and O–H groups in total. The summed E-state index contributed by atoms with van der Waals surface area (Å²) < 4.78 is 5.51. The van der Waals surface area contributed by atoms with Gasteiger partial charge in [-0.25, -0.2) is 0 Å². The van der Waals surface area contributed by atoms with Gasteiger partial charge in [0.1, 0.15) is 17.6 Å². The van der Waals surface area contributed by atoms with Crippen molar-refractivity contribution in [2.75, 3.05) is 6.54 Å². The van der Waals surface area contributed by atoms with Crippen molar-refractivity contribution in [3.8, 4) is 0 Å². The summed E-state index contributed by atoms with van der Waals surface area (Å²) in [7, 11) is 0. The zero-order valence-electron chi connectivity index (χ0n) is 17.5. The quantitative estimate of drug-likeness (QED) is 0.678. The molecule has 0 saturated carbocycles. The minimum Gasteiger partial charge on any atom is -0.460 e. The molecule has 3 rings (SSSR count). The molecule has 1 heterocycles. The van der Waals surface area contributed by atoms with E-state index < -0.39 is 29.4 Å². The largest absolute Gasteiger partial charge is 0.460 e. The fraction of sp³-hybridized carbons (Fsp3) is 0.348. The van der Waals surface area contributed by atoms with Crippen molar-refractivity contribution in [3.05, 3.63) is 69.7 Å². The molecule has 0 spiro atoms. The lowest BCUT2D eigenvalue weighted by molar-refractivity contribution is -0.160. The molecule has 1 aliphatic heterocycles. The van der Waals surface area contributed by atoms with Crippen LogP contribution >= 0.6 is 23.2 Å². The van der Waals surface area contributed by atoms with Crippen LogP contribution in [-0.4, -0.2) is 40.9 Å². The molecule has 0 radical (unpaired) electrons. The Labute approximate surface area is 191 Å². The second-order valence-corrected chi connectivity index (χ2v) is 9.24. The Morgan fingerprint density at radius 3 is 2.39 bits per heavy atom. The third kappa shape index (κ3) is 5.77. The van der Waals surface area contributed by atoms with Crippen LogP contribution < -0.4 is 5.32 Å². The third-order valence-electron chi connectivity index (χ3n) is 4.79. The number of esters is 1. The second-order valence-electron chi connectivity index (χ2n) is 8.42. The molecule has 164 valence electrons. The number of rotatable bonds is 5. The molecule has 31 heavy (non-hydrogen) atoms. The van der Waals surface area contributed by atoms with Gasteiger partial charge in [-0.1, -0.05) is 53.5 Å². The van der Waals surface area contributed by atoms with Gasteiger partial charge in [0.2, 0.25) is 5.91 Å². The fourth-order valence-corrected chi connectivity index (χ4v) is 3.66. The van der Waals surface area contributed by atoms with Gasteiger partial charge in [0.05, 0.1) is 10.0 Å². The molecule has 0 bridgehead atoms. The van der Waals surface area contributed by atoms with Crippen LogP contribution in [0.4, 0.5) is 0 Å². The van der Waals surface area contributed by atoms with E-state index >= 15 is 0 Å². The molecule has 1 aliphatic rings. The van der Waals surface area contributed by atoms with Gasteiger partial charge in [0.25, 0.3) is 5.91 Å². The molecule has 1 fully saturated rings. The van der Waals surface area contributed by atoms with Crippen molar-refractivity contribution in [3.63, 3.8) is 0 Å². The number of hydrogen-bond donors (Lipinski definition) is 1. The molecule has 2 aromatic rings. The second kappa shape index (κ2) is 9.28. The zero-order valence-corrected chi connectivity index (χ0v) is 19.0. The minimum atomic E-state index is -1.04. The highest BCUT2D eigenvalue weighted by Crippen LogP contribution is 2.26. The van der Waals surface area contributed by atoms with Crippen LogP contribution in [0, 0.1) is 5.92 Å². The normalized spacial score (nSPS) is 18.7. The monoisotopic (exact) mass is 462 g/mol. The van der Waals surface area contributed by atoms with E-state index in [1.54, 1.807) is 25.7 Å². The zero-order chi connectivity index (χ0) is 22.8. The number of nitrogens with one attached hydrogen (secondary N) is 1. The van der Waals surface area contributed by atoms with E-state index in [0.29, 0.717) is 11.6 Å². The average molecular weight is 463 g/mol. The van der Waals surface area contributed by atoms with E-state index in [9.17, 15) is 14.4 Å².